The van der Waals surface area contributed by atoms with Crippen LogP contribution in [-0.4, -0.2) is 53.7 Å². The molecule has 0 amide bonds. The zero-order valence-electron chi connectivity index (χ0n) is 12.2. The molecule has 2 rings (SSSR count). The van der Waals surface area contributed by atoms with Crippen LogP contribution in [0.4, 0.5) is 8.78 Å². The lowest BCUT2D eigenvalue weighted by Crippen LogP contribution is -2.55. The first kappa shape index (κ1) is 15.4. The number of piperazine rings is 1. The average Bonchev–Trinajstić information content (AvgIpc) is 2.39. The highest BCUT2D eigenvalue weighted by molar-refractivity contribution is 5.21. The summed E-state index contributed by atoms with van der Waals surface area (Å²) >= 11 is 0. The summed E-state index contributed by atoms with van der Waals surface area (Å²) in [6.45, 7) is 6.20. The van der Waals surface area contributed by atoms with E-state index < -0.39 is 17.7 Å². The number of likely N-dealkylation sites (N-methyl/N-ethyl adjacent to an activating group) is 1. The van der Waals surface area contributed by atoms with Gasteiger partial charge in [-0.05, 0) is 27.0 Å². The van der Waals surface area contributed by atoms with Crippen LogP contribution < -0.4 is 0 Å². The van der Waals surface area contributed by atoms with Crippen molar-refractivity contribution in [1.82, 2.24) is 9.80 Å². The fourth-order valence-corrected chi connectivity index (χ4v) is 2.78. The van der Waals surface area contributed by atoms with Crippen molar-refractivity contribution >= 4 is 0 Å². The molecule has 3 nitrogen and oxygen atoms in total. The molecule has 112 valence electrons. The van der Waals surface area contributed by atoms with E-state index in [4.69, 9.17) is 0 Å². The molecule has 5 heteroatoms. The molecule has 0 saturated carbocycles. The zero-order chi connectivity index (χ0) is 14.9. The van der Waals surface area contributed by atoms with Crippen molar-refractivity contribution in [2.24, 2.45) is 0 Å². The van der Waals surface area contributed by atoms with Gasteiger partial charge in [-0.15, -0.1) is 0 Å². The Kier molecular flexibility index (Phi) is 4.73. The van der Waals surface area contributed by atoms with Crippen LogP contribution in [0, 0.1) is 11.6 Å². The number of hydrogen-bond donors (Lipinski definition) is 1. The van der Waals surface area contributed by atoms with E-state index in [9.17, 15) is 13.9 Å². The largest absolute Gasteiger partial charge is 0.387 e. The van der Waals surface area contributed by atoms with Crippen molar-refractivity contribution < 1.29 is 13.9 Å². The molecular weight excluding hydrogens is 262 g/mol. The van der Waals surface area contributed by atoms with E-state index in [0.717, 1.165) is 19.2 Å². The Labute approximate surface area is 118 Å². The highest BCUT2D eigenvalue weighted by Gasteiger charge is 2.28. The molecule has 20 heavy (non-hydrogen) atoms. The third kappa shape index (κ3) is 3.16. The molecule has 1 aliphatic rings. The highest BCUT2D eigenvalue weighted by atomic mass is 19.2. The van der Waals surface area contributed by atoms with E-state index in [1.807, 2.05) is 0 Å². The number of rotatable bonds is 3. The number of benzene rings is 1. The number of aliphatic hydroxyl groups is 1. The molecule has 0 spiro atoms. The number of aliphatic hydroxyl groups excluding tert-OH is 1. The Morgan fingerprint density at radius 1 is 1.25 bits per heavy atom. The molecule has 0 radical (unpaired) electrons. The van der Waals surface area contributed by atoms with Gasteiger partial charge < -0.3 is 5.11 Å². The lowest BCUT2D eigenvalue weighted by atomic mass is 10.1. The summed E-state index contributed by atoms with van der Waals surface area (Å²) in [5.41, 5.74) is 0.0317. The Morgan fingerprint density at radius 3 is 2.45 bits per heavy atom. The third-order valence-corrected chi connectivity index (χ3v) is 4.21. The second-order valence-corrected chi connectivity index (χ2v) is 5.74. The third-order valence-electron chi connectivity index (χ3n) is 4.21. The van der Waals surface area contributed by atoms with E-state index in [-0.39, 0.29) is 5.56 Å². The van der Waals surface area contributed by atoms with Gasteiger partial charge in [-0.1, -0.05) is 12.1 Å². The summed E-state index contributed by atoms with van der Waals surface area (Å²) in [4.78, 5) is 4.38. The van der Waals surface area contributed by atoms with Crippen LogP contribution in [0.5, 0.6) is 0 Å². The average molecular weight is 284 g/mol. The second kappa shape index (κ2) is 6.16. The van der Waals surface area contributed by atoms with Gasteiger partial charge >= 0.3 is 0 Å². The molecule has 1 N–H and O–H groups in total. The van der Waals surface area contributed by atoms with E-state index in [0.29, 0.717) is 18.6 Å². The Balaban J connectivity index is 2.04. The fourth-order valence-electron chi connectivity index (χ4n) is 2.78. The number of β-amino-alcohol motifs (C(OH)–C–C–N with tert-alkyl or cyclic N) is 1. The van der Waals surface area contributed by atoms with Crippen LogP contribution in [0.15, 0.2) is 18.2 Å². The maximum absolute atomic E-state index is 13.7. The Hall–Kier alpha value is -1.04. The van der Waals surface area contributed by atoms with Gasteiger partial charge in [0.25, 0.3) is 0 Å². The number of halogens is 2. The van der Waals surface area contributed by atoms with Gasteiger partial charge in [0.1, 0.15) is 0 Å². The van der Waals surface area contributed by atoms with Crippen LogP contribution in [0.25, 0.3) is 0 Å². The highest BCUT2D eigenvalue weighted by Crippen LogP contribution is 2.22. The maximum Gasteiger partial charge on any atom is 0.164 e. The molecule has 1 aliphatic heterocycles. The van der Waals surface area contributed by atoms with Crippen molar-refractivity contribution in [2.45, 2.75) is 32.0 Å². The molecule has 0 bridgehead atoms. The molecule has 3 unspecified atom stereocenters. The minimum atomic E-state index is -1.01. The summed E-state index contributed by atoms with van der Waals surface area (Å²) in [6, 6.07) is 4.68. The van der Waals surface area contributed by atoms with E-state index in [2.05, 4.69) is 30.7 Å². The van der Waals surface area contributed by atoms with Gasteiger partial charge in [0.05, 0.1) is 6.10 Å². The molecule has 1 aromatic rings. The minimum absolute atomic E-state index is 0.0317. The lowest BCUT2D eigenvalue weighted by Gasteiger charge is -2.43. The normalized spacial score (nSPS) is 26.7. The standard InChI is InChI=1S/C15H22F2N2O/c1-10-7-19(8-11(2)18(10)3)9-14(20)12-5-4-6-13(16)15(12)17/h4-6,10-11,14,20H,7-9H2,1-3H3. The first-order chi connectivity index (χ1) is 9.40. The van der Waals surface area contributed by atoms with Crippen LogP contribution in [-0.2, 0) is 0 Å². The topological polar surface area (TPSA) is 26.7 Å². The van der Waals surface area contributed by atoms with Crippen molar-refractivity contribution in [2.75, 3.05) is 26.7 Å². The quantitative estimate of drug-likeness (QED) is 0.920. The van der Waals surface area contributed by atoms with E-state index >= 15 is 0 Å². The first-order valence-electron chi connectivity index (χ1n) is 6.96. The minimum Gasteiger partial charge on any atom is -0.387 e. The fraction of sp³-hybridized carbons (Fsp3) is 0.600. The van der Waals surface area contributed by atoms with E-state index in [1.54, 1.807) is 0 Å². The molecule has 1 aromatic carbocycles. The Bertz CT molecular complexity index is 457. The number of nitrogens with zero attached hydrogens (tertiary/aromatic N) is 2. The van der Waals surface area contributed by atoms with Gasteiger partial charge in [0.2, 0.25) is 0 Å². The van der Waals surface area contributed by atoms with Crippen LogP contribution in [0.2, 0.25) is 0 Å². The van der Waals surface area contributed by atoms with Gasteiger partial charge in [-0.2, -0.15) is 0 Å². The predicted molar refractivity (Wildman–Crippen MR) is 74.4 cm³/mol. The van der Waals surface area contributed by atoms with Crippen LogP contribution >= 0.6 is 0 Å². The SMILES string of the molecule is CC1CN(CC(O)c2cccc(F)c2F)CC(C)N1C. The van der Waals surface area contributed by atoms with Crippen LogP contribution in [0.3, 0.4) is 0 Å². The number of hydrogen-bond acceptors (Lipinski definition) is 3. The second-order valence-electron chi connectivity index (χ2n) is 5.74. The van der Waals surface area contributed by atoms with Gasteiger partial charge in [-0.3, -0.25) is 9.80 Å². The lowest BCUT2D eigenvalue weighted by molar-refractivity contribution is 0.0272. The molecule has 0 aromatic heterocycles. The van der Waals surface area contributed by atoms with Crippen LogP contribution in [0.1, 0.15) is 25.5 Å². The molecule has 0 aliphatic carbocycles. The molecule has 1 saturated heterocycles. The summed E-state index contributed by atoms with van der Waals surface area (Å²) in [5.74, 6) is -1.86. The first-order valence-corrected chi connectivity index (χ1v) is 6.96. The molecular formula is C15H22F2N2O. The summed E-state index contributed by atoms with van der Waals surface area (Å²) < 4.78 is 26.8. The van der Waals surface area contributed by atoms with Gasteiger partial charge in [0, 0.05) is 37.3 Å². The summed E-state index contributed by atoms with van der Waals surface area (Å²) in [7, 11) is 2.08. The van der Waals surface area contributed by atoms with Gasteiger partial charge in [-0.25, -0.2) is 8.78 Å². The van der Waals surface area contributed by atoms with Crippen molar-refractivity contribution in [3.05, 3.63) is 35.4 Å². The van der Waals surface area contributed by atoms with Crippen molar-refractivity contribution in [1.29, 1.82) is 0 Å². The predicted octanol–water partition coefficient (Wildman–Crippen LogP) is 2.02. The smallest absolute Gasteiger partial charge is 0.164 e. The summed E-state index contributed by atoms with van der Waals surface area (Å²) in [6.07, 6.45) is -1.01. The Morgan fingerprint density at radius 2 is 1.85 bits per heavy atom. The van der Waals surface area contributed by atoms with Gasteiger partial charge in [0.15, 0.2) is 11.6 Å². The zero-order valence-corrected chi connectivity index (χ0v) is 12.2. The molecule has 1 heterocycles. The molecule has 3 atom stereocenters. The van der Waals surface area contributed by atoms with E-state index in [1.165, 1.54) is 12.1 Å². The summed E-state index contributed by atoms with van der Waals surface area (Å²) in [5, 5.41) is 10.2. The monoisotopic (exact) mass is 284 g/mol. The molecule has 1 fully saturated rings. The van der Waals surface area contributed by atoms with Crippen molar-refractivity contribution in [3.63, 3.8) is 0 Å². The maximum atomic E-state index is 13.7. The van der Waals surface area contributed by atoms with Crippen molar-refractivity contribution in [3.8, 4) is 0 Å².